The summed E-state index contributed by atoms with van der Waals surface area (Å²) in [5.74, 6) is 0.621. The van der Waals surface area contributed by atoms with Crippen LogP contribution >= 0.6 is 0 Å². The molecule has 0 saturated carbocycles. The first-order chi connectivity index (χ1) is 8.88. The third kappa shape index (κ3) is 1.97. The molecule has 2 heterocycles. The minimum Gasteiger partial charge on any atom is -0.406 e. The fraction of sp³-hybridized carbons (Fsp3) is 0.385. The van der Waals surface area contributed by atoms with Gasteiger partial charge in [-0.15, -0.1) is 5.10 Å². The second-order valence-electron chi connectivity index (χ2n) is 4.39. The van der Waals surface area contributed by atoms with E-state index in [9.17, 15) is 0 Å². The molecule has 1 aromatic heterocycles. The van der Waals surface area contributed by atoms with Crippen LogP contribution in [0.5, 0.6) is 0 Å². The van der Waals surface area contributed by atoms with E-state index in [4.69, 9.17) is 4.42 Å². The van der Waals surface area contributed by atoms with E-state index in [1.807, 2.05) is 13.1 Å². The molecule has 1 aliphatic heterocycles. The number of aryl methyl sites for hydroxylation is 1. The highest BCUT2D eigenvalue weighted by molar-refractivity contribution is 5.62. The van der Waals surface area contributed by atoms with Crippen LogP contribution in [0.3, 0.4) is 0 Å². The van der Waals surface area contributed by atoms with Crippen LogP contribution in [0.1, 0.15) is 17.9 Å². The SMILES string of the molecule is CNCc1nnc(N2CCCc3ccccc32)o1. The van der Waals surface area contributed by atoms with Crippen molar-refractivity contribution in [3.05, 3.63) is 35.7 Å². The number of anilines is 2. The van der Waals surface area contributed by atoms with Crippen LogP contribution in [0.25, 0.3) is 0 Å². The molecule has 5 nitrogen and oxygen atoms in total. The highest BCUT2D eigenvalue weighted by atomic mass is 16.4. The third-order valence-corrected chi connectivity index (χ3v) is 3.13. The van der Waals surface area contributed by atoms with Crippen molar-refractivity contribution < 1.29 is 4.42 Å². The predicted molar refractivity (Wildman–Crippen MR) is 68.8 cm³/mol. The molecule has 5 heteroatoms. The number of benzene rings is 1. The second-order valence-corrected chi connectivity index (χ2v) is 4.39. The maximum Gasteiger partial charge on any atom is 0.322 e. The number of hydrogen-bond donors (Lipinski definition) is 1. The molecule has 3 rings (SSSR count). The normalized spacial score (nSPS) is 14.6. The third-order valence-electron chi connectivity index (χ3n) is 3.13. The lowest BCUT2D eigenvalue weighted by molar-refractivity contribution is 0.477. The minimum atomic E-state index is 0.590. The Morgan fingerprint density at radius 2 is 2.22 bits per heavy atom. The Bertz CT molecular complexity index is 537. The molecule has 0 amide bonds. The van der Waals surface area contributed by atoms with Crippen LogP contribution in [0.4, 0.5) is 11.7 Å². The summed E-state index contributed by atoms with van der Waals surface area (Å²) in [5.41, 5.74) is 2.53. The standard InChI is InChI=1S/C13H16N4O/c1-14-9-12-15-16-13(18-12)17-8-4-6-10-5-2-3-7-11(10)17/h2-3,5,7,14H,4,6,8-9H2,1H3. The monoisotopic (exact) mass is 244 g/mol. The Balaban J connectivity index is 1.92. The Kier molecular flexibility index (Phi) is 2.98. The van der Waals surface area contributed by atoms with Gasteiger partial charge in [-0.25, -0.2) is 0 Å². The van der Waals surface area contributed by atoms with Gasteiger partial charge >= 0.3 is 6.01 Å². The second kappa shape index (κ2) is 4.78. The first-order valence-corrected chi connectivity index (χ1v) is 6.21. The van der Waals surface area contributed by atoms with E-state index in [0.717, 1.165) is 19.4 Å². The molecule has 0 fully saturated rings. The van der Waals surface area contributed by atoms with Gasteiger partial charge in [0.15, 0.2) is 0 Å². The van der Waals surface area contributed by atoms with E-state index < -0.39 is 0 Å². The van der Waals surface area contributed by atoms with Gasteiger partial charge in [0.2, 0.25) is 5.89 Å². The molecule has 0 saturated heterocycles. The summed E-state index contributed by atoms with van der Waals surface area (Å²) >= 11 is 0. The van der Waals surface area contributed by atoms with Crippen molar-refractivity contribution in [3.8, 4) is 0 Å². The van der Waals surface area contributed by atoms with Gasteiger partial charge in [0.1, 0.15) is 0 Å². The zero-order valence-corrected chi connectivity index (χ0v) is 10.4. The molecule has 1 aromatic carbocycles. The fourth-order valence-electron chi connectivity index (χ4n) is 2.31. The quantitative estimate of drug-likeness (QED) is 0.893. The molecular formula is C13H16N4O. The van der Waals surface area contributed by atoms with Crippen LogP contribution in [0, 0.1) is 0 Å². The van der Waals surface area contributed by atoms with Crippen molar-refractivity contribution in [3.63, 3.8) is 0 Å². The number of nitrogens with zero attached hydrogens (tertiary/aromatic N) is 3. The summed E-state index contributed by atoms with van der Waals surface area (Å²) in [7, 11) is 1.86. The molecule has 0 spiro atoms. The molecule has 0 unspecified atom stereocenters. The van der Waals surface area contributed by atoms with Gasteiger partial charge in [0.25, 0.3) is 0 Å². The van der Waals surface area contributed by atoms with E-state index in [0.29, 0.717) is 18.5 Å². The van der Waals surface area contributed by atoms with Crippen LogP contribution in [0.2, 0.25) is 0 Å². The van der Waals surface area contributed by atoms with Gasteiger partial charge in [0, 0.05) is 12.2 Å². The van der Waals surface area contributed by atoms with Crippen molar-refractivity contribution in [2.24, 2.45) is 0 Å². The maximum atomic E-state index is 5.66. The molecular weight excluding hydrogens is 228 g/mol. The van der Waals surface area contributed by atoms with E-state index in [1.54, 1.807) is 0 Å². The van der Waals surface area contributed by atoms with Gasteiger partial charge in [-0.1, -0.05) is 23.3 Å². The Hall–Kier alpha value is -1.88. The molecule has 18 heavy (non-hydrogen) atoms. The average molecular weight is 244 g/mol. The molecule has 0 radical (unpaired) electrons. The molecule has 0 aliphatic carbocycles. The smallest absolute Gasteiger partial charge is 0.322 e. The fourth-order valence-corrected chi connectivity index (χ4v) is 2.31. The minimum absolute atomic E-state index is 0.590. The van der Waals surface area contributed by atoms with Crippen molar-refractivity contribution in [1.29, 1.82) is 0 Å². The van der Waals surface area contributed by atoms with E-state index in [1.165, 1.54) is 11.3 Å². The zero-order valence-electron chi connectivity index (χ0n) is 10.4. The van der Waals surface area contributed by atoms with Crippen molar-refractivity contribution in [2.45, 2.75) is 19.4 Å². The number of nitrogens with one attached hydrogen (secondary N) is 1. The molecule has 0 bridgehead atoms. The first kappa shape index (κ1) is 11.2. The highest BCUT2D eigenvalue weighted by Gasteiger charge is 2.22. The summed E-state index contributed by atoms with van der Waals surface area (Å²) in [6, 6.07) is 8.97. The van der Waals surface area contributed by atoms with Gasteiger partial charge in [-0.05, 0) is 31.5 Å². The first-order valence-electron chi connectivity index (χ1n) is 6.21. The number of fused-ring (bicyclic) bond motifs is 1. The van der Waals surface area contributed by atoms with Gasteiger partial charge < -0.3 is 9.73 Å². The lowest BCUT2D eigenvalue weighted by atomic mass is 10.0. The molecule has 1 aliphatic rings. The lowest BCUT2D eigenvalue weighted by Gasteiger charge is -2.27. The van der Waals surface area contributed by atoms with Gasteiger partial charge in [-0.3, -0.25) is 4.90 Å². The molecule has 94 valence electrons. The van der Waals surface area contributed by atoms with Crippen LogP contribution in [-0.2, 0) is 13.0 Å². The summed E-state index contributed by atoms with van der Waals surface area (Å²) in [6.45, 7) is 1.53. The largest absolute Gasteiger partial charge is 0.406 e. The summed E-state index contributed by atoms with van der Waals surface area (Å²) in [5, 5.41) is 11.2. The van der Waals surface area contributed by atoms with E-state index in [-0.39, 0.29) is 0 Å². The number of hydrogen-bond acceptors (Lipinski definition) is 5. The van der Waals surface area contributed by atoms with Crippen LogP contribution in [0.15, 0.2) is 28.7 Å². The Morgan fingerprint density at radius 3 is 3.11 bits per heavy atom. The molecule has 0 atom stereocenters. The Labute approximate surface area is 106 Å². The predicted octanol–water partition coefficient (Wildman–Crippen LogP) is 1.87. The topological polar surface area (TPSA) is 54.2 Å². The summed E-state index contributed by atoms with van der Waals surface area (Å²) in [4.78, 5) is 2.10. The highest BCUT2D eigenvalue weighted by Crippen LogP contribution is 2.32. The lowest BCUT2D eigenvalue weighted by Crippen LogP contribution is -2.24. The molecule has 2 aromatic rings. The van der Waals surface area contributed by atoms with Gasteiger partial charge in [-0.2, -0.15) is 0 Å². The van der Waals surface area contributed by atoms with Gasteiger partial charge in [0.05, 0.1) is 6.54 Å². The van der Waals surface area contributed by atoms with Crippen molar-refractivity contribution >= 4 is 11.7 Å². The zero-order chi connectivity index (χ0) is 12.4. The van der Waals surface area contributed by atoms with Crippen molar-refractivity contribution in [2.75, 3.05) is 18.5 Å². The number of para-hydroxylation sites is 1. The summed E-state index contributed by atoms with van der Waals surface area (Å²) < 4.78 is 5.66. The summed E-state index contributed by atoms with van der Waals surface area (Å²) in [6.07, 6.45) is 2.23. The van der Waals surface area contributed by atoms with Crippen molar-refractivity contribution in [1.82, 2.24) is 15.5 Å². The van der Waals surface area contributed by atoms with Crippen LogP contribution < -0.4 is 10.2 Å². The Morgan fingerprint density at radius 1 is 1.33 bits per heavy atom. The van der Waals surface area contributed by atoms with E-state index >= 15 is 0 Å². The number of rotatable bonds is 3. The molecule has 1 N–H and O–H groups in total. The average Bonchev–Trinajstić information content (AvgIpc) is 2.87. The maximum absolute atomic E-state index is 5.66. The van der Waals surface area contributed by atoms with E-state index in [2.05, 4.69) is 38.6 Å². The van der Waals surface area contributed by atoms with Crippen LogP contribution in [-0.4, -0.2) is 23.8 Å². The number of aromatic nitrogens is 2.